The summed E-state index contributed by atoms with van der Waals surface area (Å²) in [5, 5.41) is 0. The summed E-state index contributed by atoms with van der Waals surface area (Å²) < 4.78 is 4.69. The molecule has 2 N–H and O–H groups in total. The van der Waals surface area contributed by atoms with Crippen LogP contribution in [0.3, 0.4) is 0 Å². The van der Waals surface area contributed by atoms with Crippen LogP contribution in [0.4, 0.5) is 0 Å². The van der Waals surface area contributed by atoms with E-state index >= 15 is 0 Å². The lowest BCUT2D eigenvalue weighted by molar-refractivity contribution is -0.141. The number of hydrogen-bond acceptors (Lipinski definition) is 4. The van der Waals surface area contributed by atoms with Crippen LogP contribution >= 0.6 is 12.4 Å². The first kappa shape index (κ1) is 15.6. The highest BCUT2D eigenvalue weighted by Crippen LogP contribution is 2.05. The predicted molar refractivity (Wildman–Crippen MR) is 67.4 cm³/mol. The Morgan fingerprint density at radius 3 is 2.29 bits per heavy atom. The molecule has 1 atom stereocenters. The molecule has 0 amide bonds. The van der Waals surface area contributed by atoms with Gasteiger partial charge in [0.25, 0.3) is 0 Å². The quantitative estimate of drug-likeness (QED) is 0.655. The number of rotatable bonds is 4. The average molecular weight is 258 g/mol. The largest absolute Gasteiger partial charge is 0.464 e. The maximum Gasteiger partial charge on any atom is 0.302 e. The van der Waals surface area contributed by atoms with E-state index in [-0.39, 0.29) is 24.8 Å². The predicted octanol–water partition coefficient (Wildman–Crippen LogP) is 1.49. The number of Topliss-reactive ketones (excluding diaryl/α,β-unsaturated/α-hetero) is 1. The van der Waals surface area contributed by atoms with Crippen molar-refractivity contribution in [3.05, 3.63) is 35.4 Å². The SMILES string of the molecule is CC(=O)OC[C@@H](N)C(=O)c1ccc(C)cc1.Cl. The van der Waals surface area contributed by atoms with Gasteiger partial charge >= 0.3 is 5.97 Å². The summed E-state index contributed by atoms with van der Waals surface area (Å²) in [6, 6.07) is 6.31. The van der Waals surface area contributed by atoms with Gasteiger partial charge in [-0.05, 0) is 6.92 Å². The minimum absolute atomic E-state index is 0. The molecule has 0 aliphatic carbocycles. The molecule has 1 aromatic carbocycles. The monoisotopic (exact) mass is 257 g/mol. The average Bonchev–Trinajstić information content (AvgIpc) is 2.26. The van der Waals surface area contributed by atoms with E-state index in [4.69, 9.17) is 5.73 Å². The van der Waals surface area contributed by atoms with E-state index in [0.717, 1.165) is 5.56 Å². The Morgan fingerprint density at radius 2 is 1.82 bits per heavy atom. The van der Waals surface area contributed by atoms with Gasteiger partial charge in [0, 0.05) is 12.5 Å². The Balaban J connectivity index is 0.00000256. The van der Waals surface area contributed by atoms with E-state index in [1.165, 1.54) is 6.92 Å². The first-order valence-corrected chi connectivity index (χ1v) is 5.00. The molecule has 0 fully saturated rings. The molecular formula is C12H16ClNO3. The molecule has 0 saturated carbocycles. The zero-order valence-corrected chi connectivity index (χ0v) is 10.6. The molecule has 0 aliphatic rings. The molecule has 0 saturated heterocycles. The van der Waals surface area contributed by atoms with Crippen molar-refractivity contribution in [1.82, 2.24) is 0 Å². The standard InChI is InChI=1S/C12H15NO3.ClH/c1-8-3-5-10(6-4-8)12(15)11(13)7-16-9(2)14;/h3-6,11H,7,13H2,1-2H3;1H/t11-;/m1./s1. The number of carbonyl (C=O) groups excluding carboxylic acids is 2. The molecule has 0 aromatic heterocycles. The van der Waals surface area contributed by atoms with Gasteiger partial charge in [0.05, 0.1) is 0 Å². The fourth-order valence-corrected chi connectivity index (χ4v) is 1.21. The van der Waals surface area contributed by atoms with Crippen molar-refractivity contribution in [2.75, 3.05) is 6.61 Å². The van der Waals surface area contributed by atoms with Crippen LogP contribution in [0, 0.1) is 6.92 Å². The normalized spacial score (nSPS) is 11.2. The summed E-state index contributed by atoms with van der Waals surface area (Å²) in [5.74, 6) is -0.659. The molecule has 5 heteroatoms. The molecule has 0 bridgehead atoms. The Hall–Kier alpha value is -1.39. The van der Waals surface area contributed by atoms with Gasteiger partial charge in [0.1, 0.15) is 12.6 Å². The van der Waals surface area contributed by atoms with Gasteiger partial charge in [-0.3, -0.25) is 9.59 Å². The summed E-state index contributed by atoms with van der Waals surface area (Å²) in [4.78, 5) is 22.3. The molecule has 4 nitrogen and oxygen atoms in total. The molecule has 17 heavy (non-hydrogen) atoms. The van der Waals surface area contributed by atoms with Crippen molar-refractivity contribution in [3.63, 3.8) is 0 Å². The summed E-state index contributed by atoms with van der Waals surface area (Å²) in [6.07, 6.45) is 0. The van der Waals surface area contributed by atoms with E-state index in [0.29, 0.717) is 5.56 Å². The Labute approximate surface area is 107 Å². The van der Waals surface area contributed by atoms with Gasteiger partial charge in [0.2, 0.25) is 0 Å². The Morgan fingerprint density at radius 1 is 1.29 bits per heavy atom. The van der Waals surface area contributed by atoms with Gasteiger partial charge in [0.15, 0.2) is 5.78 Å². The fraction of sp³-hybridized carbons (Fsp3) is 0.333. The number of ether oxygens (including phenoxy) is 1. The third-order valence-corrected chi connectivity index (χ3v) is 2.14. The van der Waals surface area contributed by atoms with Gasteiger partial charge in [-0.1, -0.05) is 29.8 Å². The molecule has 0 radical (unpaired) electrons. The number of esters is 1. The third kappa shape index (κ3) is 4.97. The summed E-state index contributed by atoms with van der Waals surface area (Å²) in [7, 11) is 0. The lowest BCUT2D eigenvalue weighted by Crippen LogP contribution is -2.35. The van der Waals surface area contributed by atoms with Gasteiger partial charge in [-0.15, -0.1) is 12.4 Å². The van der Waals surface area contributed by atoms with E-state index in [2.05, 4.69) is 4.74 Å². The van der Waals surface area contributed by atoms with Crippen LogP contribution in [0.2, 0.25) is 0 Å². The van der Waals surface area contributed by atoms with Crippen molar-refractivity contribution in [1.29, 1.82) is 0 Å². The Bertz CT molecular complexity index is 389. The third-order valence-electron chi connectivity index (χ3n) is 2.14. The Kier molecular flexibility index (Phi) is 6.46. The molecule has 1 aromatic rings. The van der Waals surface area contributed by atoms with Crippen molar-refractivity contribution >= 4 is 24.2 Å². The molecule has 1 rings (SSSR count). The molecule has 0 spiro atoms. The maximum atomic E-state index is 11.8. The molecular weight excluding hydrogens is 242 g/mol. The van der Waals surface area contributed by atoms with E-state index < -0.39 is 12.0 Å². The number of benzene rings is 1. The van der Waals surface area contributed by atoms with Crippen LogP contribution in [0.1, 0.15) is 22.8 Å². The number of ketones is 1. The highest BCUT2D eigenvalue weighted by Gasteiger charge is 2.16. The summed E-state index contributed by atoms with van der Waals surface area (Å²) in [5.41, 5.74) is 7.22. The second-order valence-corrected chi connectivity index (χ2v) is 3.64. The highest BCUT2D eigenvalue weighted by molar-refractivity contribution is 6.00. The zero-order chi connectivity index (χ0) is 12.1. The van der Waals surface area contributed by atoms with E-state index in [1.54, 1.807) is 12.1 Å². The topological polar surface area (TPSA) is 69.4 Å². The molecule has 0 aliphatic heterocycles. The maximum absolute atomic E-state index is 11.8. The molecule has 0 heterocycles. The highest BCUT2D eigenvalue weighted by atomic mass is 35.5. The lowest BCUT2D eigenvalue weighted by atomic mass is 10.0. The number of nitrogens with two attached hydrogens (primary N) is 1. The van der Waals surface area contributed by atoms with Gasteiger partial charge in [-0.25, -0.2) is 0 Å². The fourth-order valence-electron chi connectivity index (χ4n) is 1.21. The van der Waals surface area contributed by atoms with E-state index in [9.17, 15) is 9.59 Å². The van der Waals surface area contributed by atoms with Gasteiger partial charge in [-0.2, -0.15) is 0 Å². The number of halogens is 1. The van der Waals surface area contributed by atoms with Crippen LogP contribution in [0.15, 0.2) is 24.3 Å². The minimum Gasteiger partial charge on any atom is -0.464 e. The smallest absolute Gasteiger partial charge is 0.302 e. The second-order valence-electron chi connectivity index (χ2n) is 3.64. The molecule has 94 valence electrons. The summed E-state index contributed by atoms with van der Waals surface area (Å²) in [6.45, 7) is 3.14. The summed E-state index contributed by atoms with van der Waals surface area (Å²) >= 11 is 0. The van der Waals surface area contributed by atoms with Crippen LogP contribution < -0.4 is 5.73 Å². The minimum atomic E-state index is -0.799. The van der Waals surface area contributed by atoms with Crippen LogP contribution in [-0.4, -0.2) is 24.4 Å². The number of carbonyl (C=O) groups is 2. The van der Waals surface area contributed by atoms with Crippen molar-refractivity contribution in [2.24, 2.45) is 5.73 Å². The van der Waals surface area contributed by atoms with Gasteiger partial charge < -0.3 is 10.5 Å². The zero-order valence-electron chi connectivity index (χ0n) is 9.80. The van der Waals surface area contributed by atoms with Crippen LogP contribution in [-0.2, 0) is 9.53 Å². The first-order valence-electron chi connectivity index (χ1n) is 5.00. The number of hydrogen-bond donors (Lipinski definition) is 1. The lowest BCUT2D eigenvalue weighted by Gasteiger charge is -2.10. The van der Waals surface area contributed by atoms with Crippen molar-refractivity contribution in [3.8, 4) is 0 Å². The van der Waals surface area contributed by atoms with E-state index in [1.807, 2.05) is 19.1 Å². The second kappa shape index (κ2) is 7.04. The van der Waals surface area contributed by atoms with Crippen molar-refractivity contribution < 1.29 is 14.3 Å². The van der Waals surface area contributed by atoms with Crippen LogP contribution in [0.25, 0.3) is 0 Å². The molecule has 0 unspecified atom stereocenters. The number of aryl methyl sites for hydroxylation is 1. The van der Waals surface area contributed by atoms with Crippen molar-refractivity contribution in [2.45, 2.75) is 19.9 Å². The van der Waals surface area contributed by atoms with Crippen LogP contribution in [0.5, 0.6) is 0 Å². The first-order chi connectivity index (χ1) is 7.50.